The summed E-state index contributed by atoms with van der Waals surface area (Å²) in [6, 6.07) is 7.74. The minimum Gasteiger partial charge on any atom is -0.492 e. The van der Waals surface area contributed by atoms with Crippen molar-refractivity contribution < 1.29 is 4.74 Å². The van der Waals surface area contributed by atoms with Crippen LogP contribution in [0.3, 0.4) is 0 Å². The van der Waals surface area contributed by atoms with E-state index in [0.29, 0.717) is 12.6 Å². The molecule has 0 aliphatic heterocycles. The largest absolute Gasteiger partial charge is 0.492 e. The second-order valence-corrected chi connectivity index (χ2v) is 4.62. The Balaban J connectivity index is 2.45. The van der Waals surface area contributed by atoms with E-state index in [9.17, 15) is 0 Å². The predicted octanol–water partition coefficient (Wildman–Crippen LogP) is 3.66. The molecule has 17 heavy (non-hydrogen) atoms. The topological polar surface area (TPSA) is 21.3 Å². The summed E-state index contributed by atoms with van der Waals surface area (Å²) in [4.78, 5) is 0. The van der Waals surface area contributed by atoms with Crippen LogP contribution in [-0.2, 0) is 0 Å². The van der Waals surface area contributed by atoms with Crippen molar-refractivity contribution in [2.24, 2.45) is 0 Å². The Hall–Kier alpha value is -0.990. The third-order valence-corrected chi connectivity index (χ3v) is 2.60. The van der Waals surface area contributed by atoms with Gasteiger partial charge in [0.25, 0.3) is 0 Å². The molecule has 0 aromatic heterocycles. The van der Waals surface area contributed by atoms with Gasteiger partial charge >= 0.3 is 0 Å². The maximum absolute atomic E-state index is 5.81. The summed E-state index contributed by atoms with van der Waals surface area (Å²) in [6.07, 6.45) is 0.932. The van der Waals surface area contributed by atoms with Crippen molar-refractivity contribution in [1.82, 2.24) is 5.32 Å². The maximum atomic E-state index is 5.81. The molecule has 1 unspecified atom stereocenters. The number of hydrogen-bond donors (Lipinski definition) is 1. The normalized spacial score (nSPS) is 12.2. The Labute approximate surface area is 109 Å². The number of rotatable bonds is 7. The third-order valence-electron chi connectivity index (χ3n) is 2.35. The summed E-state index contributed by atoms with van der Waals surface area (Å²) in [5, 5.41) is 4.11. The zero-order chi connectivity index (χ0) is 12.7. The fourth-order valence-corrected chi connectivity index (χ4v) is 1.75. The van der Waals surface area contributed by atoms with Crippen LogP contribution in [0.4, 0.5) is 0 Å². The number of nitrogens with one attached hydrogen (secondary N) is 1. The van der Waals surface area contributed by atoms with Gasteiger partial charge in [-0.05, 0) is 44.2 Å². The smallest absolute Gasteiger partial charge is 0.119 e. The Kier molecular flexibility index (Phi) is 6.09. The average Bonchev–Trinajstić information content (AvgIpc) is 2.27. The second-order valence-electron chi connectivity index (χ2n) is 4.18. The molecule has 0 heterocycles. The van der Waals surface area contributed by atoms with E-state index in [4.69, 9.17) is 16.3 Å². The molecule has 1 N–H and O–H groups in total. The highest BCUT2D eigenvalue weighted by molar-refractivity contribution is 6.30. The fourth-order valence-electron chi connectivity index (χ4n) is 1.63. The molecule has 0 saturated carbocycles. The van der Waals surface area contributed by atoms with E-state index < -0.39 is 0 Å². The first kappa shape index (κ1) is 14.1. The molecule has 0 spiro atoms. The van der Waals surface area contributed by atoms with Crippen LogP contribution < -0.4 is 10.1 Å². The molecule has 3 heteroatoms. The number of halogens is 1. The minimum atomic E-state index is 0.313. The molecule has 0 amide bonds. The SMILES string of the molecule is C=C(C)CC(COc1ccc(Cl)cc1)NCC. The van der Waals surface area contributed by atoms with Gasteiger partial charge in [-0.25, -0.2) is 0 Å². The Morgan fingerprint density at radius 1 is 1.41 bits per heavy atom. The number of ether oxygens (including phenoxy) is 1. The quantitative estimate of drug-likeness (QED) is 0.749. The Morgan fingerprint density at radius 3 is 2.59 bits per heavy atom. The molecule has 1 rings (SSSR count). The summed E-state index contributed by atoms with van der Waals surface area (Å²) >= 11 is 5.81. The molecule has 1 aromatic carbocycles. The lowest BCUT2D eigenvalue weighted by Crippen LogP contribution is -2.34. The molecular formula is C14H20ClNO. The van der Waals surface area contributed by atoms with Crippen LogP contribution in [0, 0.1) is 0 Å². The van der Waals surface area contributed by atoms with Gasteiger partial charge in [0, 0.05) is 11.1 Å². The molecule has 0 aliphatic carbocycles. The first-order valence-electron chi connectivity index (χ1n) is 5.88. The summed E-state index contributed by atoms with van der Waals surface area (Å²) in [6.45, 7) is 9.63. The van der Waals surface area contributed by atoms with Gasteiger partial charge in [0.1, 0.15) is 12.4 Å². The summed E-state index contributed by atoms with van der Waals surface area (Å²) in [7, 11) is 0. The van der Waals surface area contributed by atoms with E-state index in [0.717, 1.165) is 29.3 Å². The van der Waals surface area contributed by atoms with Crippen molar-refractivity contribution in [3.63, 3.8) is 0 Å². The van der Waals surface area contributed by atoms with Crippen LogP contribution in [0.15, 0.2) is 36.4 Å². The van der Waals surface area contributed by atoms with Crippen LogP contribution in [0.1, 0.15) is 20.3 Å². The Bertz CT molecular complexity index is 348. The van der Waals surface area contributed by atoms with Crippen molar-refractivity contribution in [2.45, 2.75) is 26.3 Å². The summed E-state index contributed by atoms with van der Waals surface area (Å²) < 4.78 is 5.71. The highest BCUT2D eigenvalue weighted by Gasteiger charge is 2.08. The van der Waals surface area contributed by atoms with Gasteiger partial charge in [-0.1, -0.05) is 24.1 Å². The molecule has 0 radical (unpaired) electrons. The van der Waals surface area contributed by atoms with Gasteiger partial charge in [0.05, 0.1) is 0 Å². The second kappa shape index (κ2) is 7.36. The van der Waals surface area contributed by atoms with Gasteiger partial charge in [-0.3, -0.25) is 0 Å². The van der Waals surface area contributed by atoms with Gasteiger partial charge < -0.3 is 10.1 Å². The monoisotopic (exact) mass is 253 g/mol. The minimum absolute atomic E-state index is 0.313. The number of likely N-dealkylation sites (N-methyl/N-ethyl adjacent to an activating group) is 1. The van der Waals surface area contributed by atoms with Crippen LogP contribution in [0.5, 0.6) is 5.75 Å². The number of hydrogen-bond acceptors (Lipinski definition) is 2. The van der Waals surface area contributed by atoms with E-state index in [2.05, 4.69) is 18.8 Å². The highest BCUT2D eigenvalue weighted by Crippen LogP contribution is 2.16. The van der Waals surface area contributed by atoms with E-state index in [-0.39, 0.29) is 0 Å². The fraction of sp³-hybridized carbons (Fsp3) is 0.429. The lowest BCUT2D eigenvalue weighted by molar-refractivity contribution is 0.265. The van der Waals surface area contributed by atoms with Crippen molar-refractivity contribution in [1.29, 1.82) is 0 Å². The standard InChI is InChI=1S/C14H20ClNO/c1-4-16-13(9-11(2)3)10-17-14-7-5-12(15)6-8-14/h5-8,13,16H,2,4,9-10H2,1,3H3. The van der Waals surface area contributed by atoms with Crippen LogP contribution in [0.25, 0.3) is 0 Å². The number of benzene rings is 1. The third kappa shape index (κ3) is 5.76. The van der Waals surface area contributed by atoms with Gasteiger partial charge in [0.15, 0.2) is 0 Å². The van der Waals surface area contributed by atoms with Crippen LogP contribution in [-0.4, -0.2) is 19.2 Å². The molecule has 1 aromatic rings. The van der Waals surface area contributed by atoms with Crippen molar-refractivity contribution >= 4 is 11.6 Å². The van der Waals surface area contributed by atoms with Gasteiger partial charge in [-0.15, -0.1) is 6.58 Å². The van der Waals surface area contributed by atoms with Crippen molar-refractivity contribution in [2.75, 3.05) is 13.2 Å². The van der Waals surface area contributed by atoms with Crippen molar-refractivity contribution in [3.8, 4) is 5.75 Å². The van der Waals surface area contributed by atoms with Gasteiger partial charge in [-0.2, -0.15) is 0 Å². The van der Waals surface area contributed by atoms with E-state index in [1.807, 2.05) is 31.2 Å². The van der Waals surface area contributed by atoms with Crippen LogP contribution >= 0.6 is 11.6 Å². The summed E-state index contributed by atoms with van der Waals surface area (Å²) in [5.41, 5.74) is 1.16. The molecule has 0 bridgehead atoms. The van der Waals surface area contributed by atoms with Crippen molar-refractivity contribution in [3.05, 3.63) is 41.4 Å². The van der Waals surface area contributed by atoms with Gasteiger partial charge in [0.2, 0.25) is 0 Å². The molecule has 1 atom stereocenters. The van der Waals surface area contributed by atoms with Crippen LogP contribution in [0.2, 0.25) is 5.02 Å². The van der Waals surface area contributed by atoms with E-state index in [1.165, 1.54) is 0 Å². The molecule has 0 fully saturated rings. The van der Waals surface area contributed by atoms with E-state index in [1.54, 1.807) is 0 Å². The highest BCUT2D eigenvalue weighted by atomic mass is 35.5. The first-order valence-corrected chi connectivity index (χ1v) is 6.25. The molecular weight excluding hydrogens is 234 g/mol. The molecule has 2 nitrogen and oxygen atoms in total. The molecule has 0 saturated heterocycles. The van der Waals surface area contributed by atoms with E-state index >= 15 is 0 Å². The first-order chi connectivity index (χ1) is 8.11. The zero-order valence-corrected chi connectivity index (χ0v) is 11.3. The average molecular weight is 254 g/mol. The maximum Gasteiger partial charge on any atom is 0.119 e. The molecule has 94 valence electrons. The lowest BCUT2D eigenvalue weighted by Gasteiger charge is -2.18. The Morgan fingerprint density at radius 2 is 2.06 bits per heavy atom. The predicted molar refractivity (Wildman–Crippen MR) is 73.8 cm³/mol. The lowest BCUT2D eigenvalue weighted by atomic mass is 10.1. The zero-order valence-electron chi connectivity index (χ0n) is 10.5. The molecule has 0 aliphatic rings. The summed E-state index contributed by atoms with van der Waals surface area (Å²) in [5.74, 6) is 0.846.